The van der Waals surface area contributed by atoms with Gasteiger partial charge in [-0.1, -0.05) is 76.2 Å². The van der Waals surface area contributed by atoms with Gasteiger partial charge in [0.2, 0.25) is 0 Å². The lowest BCUT2D eigenvalue weighted by atomic mass is 9.50. The average Bonchev–Trinajstić information content (AvgIpc) is 1.47. The van der Waals surface area contributed by atoms with Crippen LogP contribution >= 0.6 is 0 Å². The lowest BCUT2D eigenvalue weighted by molar-refractivity contribution is -0.222. The minimum Gasteiger partial charge on any atom is -0.459 e. The molecule has 6 aliphatic heterocycles. The molecular formula is C90H144O19. The van der Waals surface area contributed by atoms with Crippen molar-refractivity contribution in [2.75, 3.05) is 0 Å². The molecule has 19 atom stereocenters. The SMILES string of the molecule is CCC(C)(C)C(=O)OC1(C(C)C)CC2CCC1C2.CCC(C)(C)C(=O)OC1(C(C)C)CC2CCC1C2.CCC(C)(C)C(=O)OC1(C)C2CC3CC(C2)CC1C3.CCC(C)(C)C(=O)OC1C2CC3C(=O)OC1C3O2.CCC(C)(C)C(=O)OC1C2CC3C(=O)OC1C3O2.CCC(C)C(=O)OC12CC3CC(CC(O)(C3)C1)C2. The summed E-state index contributed by atoms with van der Waals surface area (Å²) in [5, 5.41) is 10.6. The van der Waals surface area contributed by atoms with Crippen molar-refractivity contribution in [1.82, 2.24) is 0 Å². The Labute approximate surface area is 653 Å². The molecule has 12 saturated carbocycles. The fourth-order valence-electron chi connectivity index (χ4n) is 22.6. The van der Waals surface area contributed by atoms with Gasteiger partial charge in [0, 0.05) is 6.42 Å². The fourth-order valence-corrected chi connectivity index (χ4v) is 22.6. The first-order valence-corrected chi connectivity index (χ1v) is 43.6. The summed E-state index contributed by atoms with van der Waals surface area (Å²) in [5.41, 5.74) is -3.41. The van der Waals surface area contributed by atoms with Crippen LogP contribution < -0.4 is 0 Å². The average molecular weight is 1530 g/mol. The minimum absolute atomic E-state index is 0.00579. The number of fused-ring (bicyclic) bond motifs is 6. The Balaban J connectivity index is 0.000000130. The molecule has 6 heterocycles. The van der Waals surface area contributed by atoms with Crippen LogP contribution in [-0.2, 0) is 85.7 Å². The van der Waals surface area contributed by atoms with Gasteiger partial charge in [-0.2, -0.15) is 0 Å². The summed E-state index contributed by atoms with van der Waals surface area (Å²) >= 11 is 0. The van der Waals surface area contributed by atoms with E-state index in [1.54, 1.807) is 0 Å². The van der Waals surface area contributed by atoms with Crippen molar-refractivity contribution in [3.63, 3.8) is 0 Å². The van der Waals surface area contributed by atoms with Crippen molar-refractivity contribution >= 4 is 47.8 Å². The Hall–Kier alpha value is -4.36. The first-order chi connectivity index (χ1) is 50.8. The monoisotopic (exact) mass is 1530 g/mol. The van der Waals surface area contributed by atoms with Crippen molar-refractivity contribution in [3.05, 3.63) is 0 Å². The first-order valence-electron chi connectivity index (χ1n) is 43.6. The molecule has 18 rings (SSSR count). The van der Waals surface area contributed by atoms with Gasteiger partial charge in [0.15, 0.2) is 24.4 Å². The first kappa shape index (κ1) is 85.5. The molecule has 19 heteroatoms. The Morgan fingerprint density at radius 2 is 0.771 bits per heavy atom. The maximum absolute atomic E-state index is 12.5. The molecule has 18 aliphatic rings. The summed E-state index contributed by atoms with van der Waals surface area (Å²) in [4.78, 5) is 96.6. The van der Waals surface area contributed by atoms with Crippen LogP contribution in [0, 0.1) is 116 Å². The number of esters is 8. The van der Waals surface area contributed by atoms with E-state index in [1.165, 1.54) is 77.0 Å². The Morgan fingerprint density at radius 3 is 1.09 bits per heavy atom. The smallest absolute Gasteiger partial charge is 0.312 e. The van der Waals surface area contributed by atoms with E-state index in [1.807, 2.05) is 96.9 Å². The number of rotatable bonds is 20. The van der Waals surface area contributed by atoms with Gasteiger partial charge in [0.1, 0.15) is 34.6 Å². The normalized spacial score (nSPS) is 40.7. The Kier molecular flexibility index (Phi) is 24.9. The highest BCUT2D eigenvalue weighted by molar-refractivity contribution is 5.81. The fraction of sp³-hybridized carbons (Fsp3) is 0.911. The number of hydrogen-bond donors (Lipinski definition) is 1. The van der Waals surface area contributed by atoms with E-state index in [9.17, 15) is 43.5 Å². The number of carbonyl (C=O) groups is 8. The molecule has 618 valence electrons. The van der Waals surface area contributed by atoms with Gasteiger partial charge in [-0.3, -0.25) is 38.4 Å². The van der Waals surface area contributed by atoms with E-state index in [0.29, 0.717) is 79.4 Å². The maximum atomic E-state index is 12.5. The highest BCUT2D eigenvalue weighted by Gasteiger charge is 2.68. The summed E-state index contributed by atoms with van der Waals surface area (Å²) in [5.74, 6) is 6.68. The Bertz CT molecular complexity index is 3140. The third-order valence-electron chi connectivity index (χ3n) is 31.8. The molecule has 6 saturated heterocycles. The summed E-state index contributed by atoms with van der Waals surface area (Å²) in [6.45, 7) is 44.5. The minimum atomic E-state index is -0.542. The van der Waals surface area contributed by atoms with Gasteiger partial charge in [-0.05, 0) is 314 Å². The van der Waals surface area contributed by atoms with Gasteiger partial charge in [-0.25, -0.2) is 0 Å². The van der Waals surface area contributed by atoms with Crippen LogP contribution in [0.15, 0.2) is 0 Å². The van der Waals surface area contributed by atoms with Crippen molar-refractivity contribution in [2.45, 2.75) is 403 Å². The van der Waals surface area contributed by atoms with Crippen LogP contribution in [0.5, 0.6) is 0 Å². The second kappa shape index (κ2) is 31.7. The van der Waals surface area contributed by atoms with Gasteiger partial charge < -0.3 is 52.5 Å². The zero-order valence-electron chi connectivity index (χ0n) is 71.2. The largest absolute Gasteiger partial charge is 0.459 e. The van der Waals surface area contributed by atoms with Crippen LogP contribution in [-0.4, -0.2) is 130 Å². The topological polar surface area (TPSA) is 249 Å². The van der Waals surface area contributed by atoms with Crippen molar-refractivity contribution in [2.24, 2.45) is 116 Å². The van der Waals surface area contributed by atoms with Crippen molar-refractivity contribution in [1.29, 1.82) is 0 Å². The predicted octanol–water partition coefficient (Wildman–Crippen LogP) is 17.3. The summed E-state index contributed by atoms with van der Waals surface area (Å²) in [7, 11) is 0. The van der Waals surface area contributed by atoms with Gasteiger partial charge >= 0.3 is 47.8 Å². The lowest BCUT2D eigenvalue weighted by Gasteiger charge is -2.59. The number of carbonyl (C=O) groups excluding carboxylic acids is 8. The Morgan fingerprint density at radius 1 is 0.422 bits per heavy atom. The zero-order chi connectivity index (χ0) is 80.1. The van der Waals surface area contributed by atoms with E-state index >= 15 is 0 Å². The number of hydrogen-bond acceptors (Lipinski definition) is 19. The zero-order valence-corrected chi connectivity index (χ0v) is 71.2. The second-order valence-corrected chi connectivity index (χ2v) is 41.8. The number of ether oxygens (including phenoxy) is 10. The third kappa shape index (κ3) is 16.8. The van der Waals surface area contributed by atoms with Crippen LogP contribution in [0.4, 0.5) is 0 Å². The van der Waals surface area contributed by atoms with Gasteiger partial charge in [0.25, 0.3) is 0 Å². The third-order valence-corrected chi connectivity index (χ3v) is 31.8. The predicted molar refractivity (Wildman–Crippen MR) is 411 cm³/mol. The molecule has 1 N–H and O–H groups in total. The molecule has 0 aromatic carbocycles. The van der Waals surface area contributed by atoms with Crippen LogP contribution in [0.1, 0.15) is 326 Å². The van der Waals surface area contributed by atoms with E-state index in [4.69, 9.17) is 47.4 Å². The lowest BCUT2D eigenvalue weighted by Crippen LogP contribution is -2.60. The number of aliphatic hydroxyl groups is 1. The highest BCUT2D eigenvalue weighted by atomic mass is 16.7. The summed E-state index contributed by atoms with van der Waals surface area (Å²) < 4.78 is 57.1. The van der Waals surface area contributed by atoms with Crippen molar-refractivity contribution in [3.8, 4) is 0 Å². The highest BCUT2D eigenvalue weighted by Crippen LogP contribution is 2.63. The van der Waals surface area contributed by atoms with Crippen LogP contribution in [0.25, 0.3) is 0 Å². The van der Waals surface area contributed by atoms with Gasteiger partial charge in [0.05, 0.1) is 62.6 Å². The van der Waals surface area contributed by atoms with Crippen LogP contribution in [0.2, 0.25) is 0 Å². The van der Waals surface area contributed by atoms with E-state index in [2.05, 4.69) is 55.4 Å². The molecule has 109 heavy (non-hydrogen) atoms. The molecule has 16 bridgehead atoms. The summed E-state index contributed by atoms with van der Waals surface area (Å²) in [6.07, 6.45) is 25.9. The molecular weight excluding hydrogens is 1380 g/mol. The molecule has 0 radical (unpaired) electrons. The molecule has 19 nitrogen and oxygen atoms in total. The van der Waals surface area contributed by atoms with E-state index in [-0.39, 0.29) is 129 Å². The van der Waals surface area contributed by atoms with E-state index < -0.39 is 40.8 Å². The molecule has 19 unspecified atom stereocenters. The molecule has 0 aromatic heterocycles. The van der Waals surface area contributed by atoms with Crippen molar-refractivity contribution < 1.29 is 90.8 Å². The molecule has 18 fully saturated rings. The van der Waals surface area contributed by atoms with E-state index in [0.717, 1.165) is 87.9 Å². The second-order valence-electron chi connectivity index (χ2n) is 41.8. The molecule has 0 amide bonds. The van der Waals surface area contributed by atoms with Gasteiger partial charge in [-0.15, -0.1) is 0 Å². The van der Waals surface area contributed by atoms with Crippen LogP contribution in [0.3, 0.4) is 0 Å². The molecule has 0 spiro atoms. The quantitative estimate of drug-likeness (QED) is 0.0878. The molecule has 12 aliphatic carbocycles. The standard InChI is InChI=1S/C17H28O2.2C16H28O2.C15H24O3.2C13H18O5/c1-5-16(2,3)15(18)19-17(4)13-7-11-6-12(9-13)10-14(17)8-11;2*1-6-15(4,5)14(17)18-16(11(2)3)10-12-7-8-13(16)9-12;1-3-10(2)13(16)18-15-7-11-4-12(8-15)6-14(17,5-11)9-15;2*1-4-13(2,3)12(15)18-9-7-5-6-8(16-7)10(9)17-11(6)14/h11-14H,5-10H2,1-4H3;2*11-13H,6-10H2,1-5H3;10-12,17H,3-9H2,1-2H3;2*6-10H,4-5H2,1-3H3. The maximum Gasteiger partial charge on any atom is 0.312 e. The summed E-state index contributed by atoms with van der Waals surface area (Å²) in [6, 6.07) is 0. The molecule has 0 aromatic rings.